The molecule has 0 spiro atoms. The smallest absolute Gasteiger partial charge is 0.312 e. The molecule has 1 rings (SSSR count). The number of nitrogen functional groups attached to an aromatic ring is 1. The number of carbonyl (C=O) groups excluding carboxylic acids is 1. The first-order chi connectivity index (χ1) is 6.08. The number of nitrogens with zero attached hydrogens (tertiary/aromatic N) is 2. The highest BCUT2D eigenvalue weighted by Gasteiger charge is 2.11. The monoisotopic (exact) mass is 183 g/mol. The molecule has 1 atom stereocenters. The van der Waals surface area contributed by atoms with Crippen molar-refractivity contribution >= 4 is 11.9 Å². The molecule has 0 aliphatic rings. The van der Waals surface area contributed by atoms with Crippen molar-refractivity contribution in [1.29, 1.82) is 0 Å². The van der Waals surface area contributed by atoms with Crippen LogP contribution >= 0.6 is 0 Å². The molecule has 0 aromatic carbocycles. The van der Waals surface area contributed by atoms with E-state index in [2.05, 4.69) is 10.2 Å². The fraction of sp³-hybridized carbons (Fsp3) is 0.429. The first-order valence-electron chi connectivity index (χ1n) is 3.80. The van der Waals surface area contributed by atoms with Crippen LogP contribution < -0.4 is 11.5 Å². The zero-order valence-corrected chi connectivity index (χ0v) is 7.23. The van der Waals surface area contributed by atoms with Gasteiger partial charge in [-0.2, -0.15) is 0 Å². The molecule has 0 saturated heterocycles. The number of carbonyl (C=O) groups is 1. The van der Waals surface area contributed by atoms with Crippen LogP contribution in [0.4, 0.5) is 6.01 Å². The molecule has 0 unspecified atom stereocenters. The summed E-state index contributed by atoms with van der Waals surface area (Å²) < 4.78 is 4.88. The fourth-order valence-corrected chi connectivity index (χ4v) is 0.934. The summed E-state index contributed by atoms with van der Waals surface area (Å²) in [4.78, 5) is 10.5. The second-order valence-corrected chi connectivity index (χ2v) is 2.79. The van der Waals surface area contributed by atoms with Crippen molar-refractivity contribution in [1.82, 2.24) is 10.2 Å². The van der Waals surface area contributed by atoms with Crippen molar-refractivity contribution in [3.05, 3.63) is 12.3 Å². The Kier molecular flexibility index (Phi) is 2.84. The summed E-state index contributed by atoms with van der Waals surface area (Å²) in [5.74, 6) is -0.0835. The van der Waals surface area contributed by atoms with Gasteiger partial charge < -0.3 is 15.9 Å². The molecule has 0 aliphatic carbocycles. The number of hydrogen-bond donors (Lipinski definition) is 2. The SMILES string of the molecule is C[C@@H]([CH]c1nnc(N)o1)CC(N)=O. The Hall–Kier alpha value is -1.59. The van der Waals surface area contributed by atoms with E-state index in [1.807, 2.05) is 6.92 Å². The molecule has 0 bridgehead atoms. The van der Waals surface area contributed by atoms with Crippen molar-refractivity contribution in [3.8, 4) is 0 Å². The van der Waals surface area contributed by atoms with Gasteiger partial charge in [-0.15, -0.1) is 5.10 Å². The summed E-state index contributed by atoms with van der Waals surface area (Å²) in [6, 6.07) is 0.0116. The van der Waals surface area contributed by atoms with Crippen LogP contribution in [0.5, 0.6) is 0 Å². The van der Waals surface area contributed by atoms with E-state index in [0.717, 1.165) is 0 Å². The van der Waals surface area contributed by atoms with Crippen LogP contribution in [-0.2, 0) is 4.79 Å². The molecule has 0 fully saturated rings. The van der Waals surface area contributed by atoms with Gasteiger partial charge in [0.2, 0.25) is 11.8 Å². The first kappa shape index (κ1) is 9.50. The quantitative estimate of drug-likeness (QED) is 0.667. The third-order valence-corrected chi connectivity index (χ3v) is 1.41. The molecule has 0 saturated carbocycles. The molecule has 1 aromatic heterocycles. The Morgan fingerprint density at radius 3 is 2.85 bits per heavy atom. The van der Waals surface area contributed by atoms with Gasteiger partial charge in [0.05, 0.1) is 6.42 Å². The number of amides is 1. The minimum atomic E-state index is -0.365. The fourth-order valence-electron chi connectivity index (χ4n) is 0.934. The number of aromatic nitrogens is 2. The average molecular weight is 183 g/mol. The Balaban J connectivity index is 2.44. The molecule has 6 heteroatoms. The largest absolute Gasteiger partial charge is 0.408 e. The number of hydrogen-bond acceptors (Lipinski definition) is 5. The Morgan fingerprint density at radius 2 is 2.38 bits per heavy atom. The highest BCUT2D eigenvalue weighted by atomic mass is 16.4. The van der Waals surface area contributed by atoms with Crippen molar-refractivity contribution < 1.29 is 9.21 Å². The van der Waals surface area contributed by atoms with Crippen LogP contribution in [0.25, 0.3) is 0 Å². The van der Waals surface area contributed by atoms with Gasteiger partial charge in [-0.05, 0) is 5.92 Å². The molecule has 71 valence electrons. The lowest BCUT2D eigenvalue weighted by molar-refractivity contribution is -0.118. The average Bonchev–Trinajstić information content (AvgIpc) is 2.33. The summed E-state index contributed by atoms with van der Waals surface area (Å²) in [6.45, 7) is 1.82. The molecule has 1 heterocycles. The van der Waals surface area contributed by atoms with Crippen LogP contribution in [0.15, 0.2) is 4.42 Å². The van der Waals surface area contributed by atoms with E-state index in [-0.39, 0.29) is 24.3 Å². The molecule has 6 nitrogen and oxygen atoms in total. The predicted molar refractivity (Wildman–Crippen MR) is 45.1 cm³/mol. The van der Waals surface area contributed by atoms with Crippen molar-refractivity contribution in [3.63, 3.8) is 0 Å². The number of rotatable bonds is 4. The Morgan fingerprint density at radius 1 is 1.69 bits per heavy atom. The van der Waals surface area contributed by atoms with Gasteiger partial charge in [0.1, 0.15) is 0 Å². The van der Waals surface area contributed by atoms with E-state index >= 15 is 0 Å². The van der Waals surface area contributed by atoms with E-state index in [0.29, 0.717) is 5.89 Å². The summed E-state index contributed by atoms with van der Waals surface area (Å²) in [5, 5.41) is 7.08. The molecule has 13 heavy (non-hydrogen) atoms. The van der Waals surface area contributed by atoms with Gasteiger partial charge in [-0.25, -0.2) is 0 Å². The third-order valence-electron chi connectivity index (χ3n) is 1.41. The summed E-state index contributed by atoms with van der Waals surface area (Å²) in [6.07, 6.45) is 1.90. The van der Waals surface area contributed by atoms with Gasteiger partial charge in [0.25, 0.3) is 0 Å². The normalized spacial score (nSPS) is 12.7. The number of primary amides is 1. The minimum absolute atomic E-state index is 0.0116. The van der Waals surface area contributed by atoms with Gasteiger partial charge in [-0.1, -0.05) is 12.0 Å². The van der Waals surface area contributed by atoms with Gasteiger partial charge in [0.15, 0.2) is 0 Å². The zero-order valence-electron chi connectivity index (χ0n) is 7.23. The second kappa shape index (κ2) is 3.88. The summed E-state index contributed by atoms with van der Waals surface area (Å²) in [7, 11) is 0. The van der Waals surface area contributed by atoms with E-state index < -0.39 is 0 Å². The van der Waals surface area contributed by atoms with Crippen LogP contribution in [0.2, 0.25) is 0 Å². The van der Waals surface area contributed by atoms with Crippen LogP contribution in [0, 0.1) is 12.3 Å². The summed E-state index contributed by atoms with van der Waals surface area (Å²) in [5.41, 5.74) is 10.2. The van der Waals surface area contributed by atoms with E-state index in [9.17, 15) is 4.79 Å². The molecule has 4 N–H and O–H groups in total. The highest BCUT2D eigenvalue weighted by molar-refractivity contribution is 5.74. The lowest BCUT2D eigenvalue weighted by Gasteiger charge is -2.03. The van der Waals surface area contributed by atoms with Gasteiger partial charge >= 0.3 is 6.01 Å². The second-order valence-electron chi connectivity index (χ2n) is 2.79. The molecule has 0 aliphatic heterocycles. The molecule has 1 radical (unpaired) electrons. The van der Waals surface area contributed by atoms with Crippen molar-refractivity contribution in [2.45, 2.75) is 13.3 Å². The lowest BCUT2D eigenvalue weighted by atomic mass is 10.0. The minimum Gasteiger partial charge on any atom is -0.408 e. The molecule has 1 amide bonds. The molecular formula is C7H11N4O2. The maximum atomic E-state index is 10.5. The number of anilines is 1. The van der Waals surface area contributed by atoms with E-state index in [1.54, 1.807) is 6.42 Å². The van der Waals surface area contributed by atoms with Crippen LogP contribution in [0.3, 0.4) is 0 Å². The van der Waals surface area contributed by atoms with Crippen LogP contribution in [0.1, 0.15) is 19.2 Å². The van der Waals surface area contributed by atoms with Crippen molar-refractivity contribution in [2.24, 2.45) is 11.7 Å². The van der Waals surface area contributed by atoms with Crippen molar-refractivity contribution in [2.75, 3.05) is 5.73 Å². The lowest BCUT2D eigenvalue weighted by Crippen LogP contribution is -2.15. The predicted octanol–water partition coefficient (Wildman–Crippen LogP) is -0.284. The molecular weight excluding hydrogens is 172 g/mol. The topological polar surface area (TPSA) is 108 Å². The maximum Gasteiger partial charge on any atom is 0.312 e. The summed E-state index contributed by atoms with van der Waals surface area (Å²) >= 11 is 0. The van der Waals surface area contributed by atoms with E-state index in [4.69, 9.17) is 15.9 Å². The first-order valence-corrected chi connectivity index (χ1v) is 3.80. The van der Waals surface area contributed by atoms with Gasteiger partial charge in [-0.3, -0.25) is 4.79 Å². The zero-order chi connectivity index (χ0) is 9.84. The Bertz CT molecular complexity index is 296. The standard InChI is InChI=1S/C7H11N4O2/c1-4(2-5(8)12)3-6-10-11-7(9)13-6/h3-4H,2H2,1H3,(H2,8,12)(H2,9,11)/t4-/m1/s1. The third kappa shape index (κ3) is 3.10. The Labute approximate surface area is 75.3 Å². The molecule has 1 aromatic rings. The maximum absolute atomic E-state index is 10.5. The number of nitrogens with two attached hydrogens (primary N) is 2. The highest BCUT2D eigenvalue weighted by Crippen LogP contribution is 2.13. The van der Waals surface area contributed by atoms with Gasteiger partial charge in [0, 0.05) is 6.42 Å². The van der Waals surface area contributed by atoms with Crippen LogP contribution in [-0.4, -0.2) is 16.1 Å². The van der Waals surface area contributed by atoms with E-state index in [1.165, 1.54) is 0 Å².